The molecule has 5 nitrogen and oxygen atoms in total. The van der Waals surface area contributed by atoms with Gasteiger partial charge in [-0.05, 0) is 6.07 Å². The molecule has 0 N–H and O–H groups in total. The van der Waals surface area contributed by atoms with Gasteiger partial charge in [-0.1, -0.05) is 12.1 Å². The highest BCUT2D eigenvalue weighted by molar-refractivity contribution is 5.98. The Hall–Kier alpha value is -1.91. The molecule has 1 aliphatic rings. The van der Waals surface area contributed by atoms with Crippen molar-refractivity contribution in [1.82, 2.24) is 0 Å². The second-order valence-corrected chi connectivity index (χ2v) is 3.16. The van der Waals surface area contributed by atoms with E-state index in [0.29, 0.717) is 24.6 Å². The summed E-state index contributed by atoms with van der Waals surface area (Å²) in [5, 5.41) is 10.8. The Kier molecular flexibility index (Phi) is 2.62. The van der Waals surface area contributed by atoms with E-state index in [1.54, 1.807) is 18.2 Å². The molecule has 0 amide bonds. The number of nitro benzene ring substituents is 1. The van der Waals surface area contributed by atoms with E-state index < -0.39 is 4.92 Å². The lowest BCUT2D eigenvalue weighted by molar-refractivity contribution is -0.385. The highest BCUT2D eigenvalue weighted by atomic mass is 16.6. The molecule has 0 radical (unpaired) electrons. The summed E-state index contributed by atoms with van der Waals surface area (Å²) in [5.74, 6) is 0.383. The van der Waals surface area contributed by atoms with Crippen molar-refractivity contribution >= 4 is 11.6 Å². The van der Waals surface area contributed by atoms with Crippen LogP contribution in [0.5, 0.6) is 0 Å². The number of nitrogens with zero attached hydrogens (tertiary/aromatic N) is 2. The van der Waals surface area contributed by atoms with Gasteiger partial charge in [-0.15, -0.1) is 0 Å². The first-order chi connectivity index (χ1) is 7.29. The first kappa shape index (κ1) is 9.64. The third kappa shape index (κ3) is 1.96. The molecule has 0 atom stereocenters. The van der Waals surface area contributed by atoms with Crippen molar-refractivity contribution in [3.63, 3.8) is 0 Å². The molecule has 5 heteroatoms. The van der Waals surface area contributed by atoms with Crippen molar-refractivity contribution in [2.45, 2.75) is 6.42 Å². The smallest absolute Gasteiger partial charge is 0.282 e. The maximum Gasteiger partial charge on any atom is 0.282 e. The molecule has 78 valence electrons. The van der Waals surface area contributed by atoms with Gasteiger partial charge in [0, 0.05) is 19.0 Å². The van der Waals surface area contributed by atoms with Gasteiger partial charge in [0.15, 0.2) is 0 Å². The lowest BCUT2D eigenvalue weighted by Gasteiger charge is -2.13. The van der Waals surface area contributed by atoms with Gasteiger partial charge in [0.05, 0.1) is 11.5 Å². The maximum atomic E-state index is 10.8. The Bertz CT molecular complexity index is 415. The van der Waals surface area contributed by atoms with Gasteiger partial charge in [-0.25, -0.2) is 0 Å². The Morgan fingerprint density at radius 1 is 1.40 bits per heavy atom. The van der Waals surface area contributed by atoms with Crippen LogP contribution >= 0.6 is 0 Å². The standard InChI is InChI=1S/C10H10N2O3/c13-12(14)9-5-2-1-4-8(9)10-11-6-3-7-15-10/h1-2,4-5H,3,6-7H2. The summed E-state index contributed by atoms with van der Waals surface area (Å²) in [5.41, 5.74) is 0.500. The maximum absolute atomic E-state index is 10.8. The molecular weight excluding hydrogens is 196 g/mol. The second kappa shape index (κ2) is 4.08. The van der Waals surface area contributed by atoms with E-state index in [0.717, 1.165) is 6.42 Å². The summed E-state index contributed by atoms with van der Waals surface area (Å²) in [6, 6.07) is 6.48. The minimum atomic E-state index is -0.421. The van der Waals surface area contributed by atoms with Crippen LogP contribution in [0.2, 0.25) is 0 Å². The third-order valence-corrected chi connectivity index (χ3v) is 2.13. The van der Waals surface area contributed by atoms with E-state index in [4.69, 9.17) is 4.74 Å². The van der Waals surface area contributed by atoms with Crippen LogP contribution in [0.3, 0.4) is 0 Å². The minimum absolute atomic E-state index is 0.0400. The van der Waals surface area contributed by atoms with Gasteiger partial charge >= 0.3 is 0 Å². The van der Waals surface area contributed by atoms with Gasteiger partial charge in [-0.3, -0.25) is 15.1 Å². The fourth-order valence-corrected chi connectivity index (χ4v) is 1.44. The number of hydrogen-bond acceptors (Lipinski definition) is 4. The zero-order valence-corrected chi connectivity index (χ0v) is 8.05. The van der Waals surface area contributed by atoms with E-state index in [1.807, 2.05) is 0 Å². The predicted octanol–water partition coefficient (Wildman–Crippen LogP) is 1.76. The largest absolute Gasteiger partial charge is 0.477 e. The molecule has 1 heterocycles. The zero-order valence-electron chi connectivity index (χ0n) is 8.05. The third-order valence-electron chi connectivity index (χ3n) is 2.13. The van der Waals surface area contributed by atoms with Gasteiger partial charge in [-0.2, -0.15) is 0 Å². The first-order valence-electron chi connectivity index (χ1n) is 4.70. The zero-order chi connectivity index (χ0) is 10.7. The van der Waals surface area contributed by atoms with Gasteiger partial charge < -0.3 is 4.74 Å². The van der Waals surface area contributed by atoms with Crippen LogP contribution in [-0.2, 0) is 4.74 Å². The summed E-state index contributed by atoms with van der Waals surface area (Å²) in [7, 11) is 0. The van der Waals surface area contributed by atoms with E-state index >= 15 is 0 Å². The van der Waals surface area contributed by atoms with Crippen LogP contribution in [0.15, 0.2) is 29.3 Å². The number of para-hydroxylation sites is 1. The lowest BCUT2D eigenvalue weighted by Crippen LogP contribution is -2.16. The molecule has 0 aliphatic carbocycles. The molecule has 0 aromatic heterocycles. The molecule has 0 unspecified atom stereocenters. The first-order valence-corrected chi connectivity index (χ1v) is 4.70. The van der Waals surface area contributed by atoms with Crippen molar-refractivity contribution in [2.75, 3.05) is 13.2 Å². The molecular formula is C10H10N2O3. The van der Waals surface area contributed by atoms with Crippen LogP contribution < -0.4 is 0 Å². The number of ether oxygens (including phenoxy) is 1. The van der Waals surface area contributed by atoms with E-state index in [2.05, 4.69) is 4.99 Å². The van der Waals surface area contributed by atoms with Crippen LogP contribution in [0.4, 0.5) is 5.69 Å². The molecule has 1 aromatic carbocycles. The van der Waals surface area contributed by atoms with E-state index in [-0.39, 0.29) is 5.69 Å². The van der Waals surface area contributed by atoms with E-state index in [9.17, 15) is 10.1 Å². The van der Waals surface area contributed by atoms with Crippen LogP contribution in [0.1, 0.15) is 12.0 Å². The Morgan fingerprint density at radius 3 is 2.87 bits per heavy atom. The predicted molar refractivity (Wildman–Crippen MR) is 55.1 cm³/mol. The van der Waals surface area contributed by atoms with Gasteiger partial charge in [0.2, 0.25) is 5.90 Å². The number of benzene rings is 1. The van der Waals surface area contributed by atoms with Crippen LogP contribution in [0, 0.1) is 10.1 Å². The molecule has 0 bridgehead atoms. The molecule has 0 spiro atoms. The number of hydrogen-bond donors (Lipinski definition) is 0. The summed E-state index contributed by atoms with van der Waals surface area (Å²) in [4.78, 5) is 14.5. The van der Waals surface area contributed by atoms with Crippen molar-refractivity contribution in [2.24, 2.45) is 4.99 Å². The molecule has 0 saturated carbocycles. The molecule has 15 heavy (non-hydrogen) atoms. The summed E-state index contributed by atoms with van der Waals surface area (Å²) >= 11 is 0. The van der Waals surface area contributed by atoms with Crippen molar-refractivity contribution in [3.8, 4) is 0 Å². The molecule has 1 aromatic rings. The fourth-order valence-electron chi connectivity index (χ4n) is 1.44. The Morgan fingerprint density at radius 2 is 2.20 bits per heavy atom. The number of nitro groups is 1. The average molecular weight is 206 g/mol. The number of rotatable bonds is 2. The van der Waals surface area contributed by atoms with Gasteiger partial charge in [0.25, 0.3) is 5.69 Å². The highest BCUT2D eigenvalue weighted by Gasteiger charge is 2.19. The monoisotopic (exact) mass is 206 g/mol. The fraction of sp³-hybridized carbons (Fsp3) is 0.300. The minimum Gasteiger partial charge on any atom is -0.477 e. The summed E-state index contributed by atoms with van der Waals surface area (Å²) < 4.78 is 5.30. The van der Waals surface area contributed by atoms with Crippen molar-refractivity contribution in [3.05, 3.63) is 39.9 Å². The van der Waals surface area contributed by atoms with E-state index in [1.165, 1.54) is 6.07 Å². The molecule has 2 rings (SSSR count). The van der Waals surface area contributed by atoms with Crippen LogP contribution in [0.25, 0.3) is 0 Å². The normalized spacial score (nSPS) is 15.3. The van der Waals surface area contributed by atoms with Crippen molar-refractivity contribution < 1.29 is 9.66 Å². The lowest BCUT2D eigenvalue weighted by atomic mass is 10.1. The molecule has 0 saturated heterocycles. The van der Waals surface area contributed by atoms with Crippen molar-refractivity contribution in [1.29, 1.82) is 0 Å². The molecule has 1 aliphatic heterocycles. The molecule has 0 fully saturated rings. The SMILES string of the molecule is O=[N+]([O-])c1ccccc1C1=NCCCO1. The Balaban J connectivity index is 2.42. The topological polar surface area (TPSA) is 64.7 Å². The summed E-state index contributed by atoms with van der Waals surface area (Å²) in [6.45, 7) is 1.24. The number of aliphatic imine (C=N–C) groups is 1. The highest BCUT2D eigenvalue weighted by Crippen LogP contribution is 2.20. The second-order valence-electron chi connectivity index (χ2n) is 3.16. The summed E-state index contributed by atoms with van der Waals surface area (Å²) in [6.07, 6.45) is 0.865. The Labute approximate surface area is 86.5 Å². The average Bonchev–Trinajstić information content (AvgIpc) is 2.30. The van der Waals surface area contributed by atoms with Gasteiger partial charge in [0.1, 0.15) is 5.56 Å². The van der Waals surface area contributed by atoms with Crippen LogP contribution in [-0.4, -0.2) is 24.0 Å². The quantitative estimate of drug-likeness (QED) is 0.547.